The summed E-state index contributed by atoms with van der Waals surface area (Å²) in [6, 6.07) is 26.9. The molecule has 0 heterocycles. The highest BCUT2D eigenvalue weighted by atomic mass is 16.5. The molecule has 4 rings (SSSR count). The van der Waals surface area contributed by atoms with Gasteiger partial charge in [0.1, 0.15) is 28.6 Å². The van der Waals surface area contributed by atoms with Gasteiger partial charge < -0.3 is 25.2 Å². The van der Waals surface area contributed by atoms with Crippen LogP contribution in [0.3, 0.4) is 0 Å². The van der Waals surface area contributed by atoms with E-state index in [-0.39, 0.29) is 28.4 Å². The maximum Gasteiger partial charge on any atom is 0.193 e. The number of carbonyl (C=O) groups excluding carboxylic acids is 1. The first-order valence-electron chi connectivity index (χ1n) is 13.4. The molecular weight excluding hydrogens is 516 g/mol. The first-order valence-corrected chi connectivity index (χ1v) is 13.4. The number of allylic oxidation sites excluding steroid dienone is 2. The summed E-state index contributed by atoms with van der Waals surface area (Å²) in [7, 11) is 1.36. The Balaban J connectivity index is 1.66. The van der Waals surface area contributed by atoms with Crippen molar-refractivity contribution in [2.24, 2.45) is 0 Å². The van der Waals surface area contributed by atoms with Crippen molar-refractivity contribution < 1.29 is 30.0 Å². The molecule has 6 heteroatoms. The van der Waals surface area contributed by atoms with Crippen LogP contribution in [0, 0.1) is 0 Å². The lowest BCUT2D eigenvalue weighted by Crippen LogP contribution is -2.08. The van der Waals surface area contributed by atoms with Gasteiger partial charge in [-0.3, -0.25) is 4.79 Å². The first-order chi connectivity index (χ1) is 19.9. The second-order valence-electron chi connectivity index (χ2n) is 9.75. The number of aromatic hydroxyl groups is 3. The van der Waals surface area contributed by atoms with Crippen LogP contribution in [0.5, 0.6) is 23.0 Å². The van der Waals surface area contributed by atoms with Crippen molar-refractivity contribution in [3.8, 4) is 23.0 Å². The topological polar surface area (TPSA) is 107 Å². The van der Waals surface area contributed by atoms with Crippen LogP contribution in [0.4, 0.5) is 0 Å². The maximum absolute atomic E-state index is 13.3. The van der Waals surface area contributed by atoms with E-state index in [1.807, 2.05) is 60.7 Å². The number of ketones is 1. The Morgan fingerprint density at radius 3 is 2.22 bits per heavy atom. The fourth-order valence-corrected chi connectivity index (χ4v) is 4.70. The molecule has 6 nitrogen and oxygen atoms in total. The van der Waals surface area contributed by atoms with E-state index in [1.165, 1.54) is 31.4 Å². The maximum atomic E-state index is 13.3. The van der Waals surface area contributed by atoms with Gasteiger partial charge in [-0.15, -0.1) is 0 Å². The molecule has 0 saturated carbocycles. The van der Waals surface area contributed by atoms with E-state index >= 15 is 0 Å². The zero-order valence-corrected chi connectivity index (χ0v) is 22.9. The van der Waals surface area contributed by atoms with E-state index in [0.717, 1.165) is 17.5 Å². The van der Waals surface area contributed by atoms with Gasteiger partial charge in [-0.2, -0.15) is 0 Å². The summed E-state index contributed by atoms with van der Waals surface area (Å²) in [4.78, 5) is 13.3. The normalized spacial score (nSPS) is 12.9. The number of hydrogen-bond donors (Lipinski definition) is 4. The van der Waals surface area contributed by atoms with E-state index < -0.39 is 23.6 Å². The van der Waals surface area contributed by atoms with Crippen LogP contribution >= 0.6 is 0 Å². The molecule has 0 spiro atoms. The SMILES string of the molecule is COc1cc(O)c(C(/C=C/CC(O)CCc2ccccc2)c2ccc(O)cc2)c(O)c1C(=O)/C=C/c1ccccc1. The highest BCUT2D eigenvalue weighted by Crippen LogP contribution is 2.45. The fourth-order valence-electron chi connectivity index (χ4n) is 4.70. The Kier molecular flexibility index (Phi) is 9.97. The summed E-state index contributed by atoms with van der Waals surface area (Å²) >= 11 is 0. The van der Waals surface area contributed by atoms with Gasteiger partial charge >= 0.3 is 0 Å². The average molecular weight is 551 g/mol. The Labute approximate surface area is 240 Å². The predicted octanol–water partition coefficient (Wildman–Crippen LogP) is 6.78. The third-order valence-corrected chi connectivity index (χ3v) is 6.88. The summed E-state index contributed by atoms with van der Waals surface area (Å²) in [5.74, 6) is -1.73. The minimum Gasteiger partial charge on any atom is -0.508 e. The Morgan fingerprint density at radius 1 is 0.902 bits per heavy atom. The van der Waals surface area contributed by atoms with Gasteiger partial charge in [0.05, 0.1) is 13.2 Å². The van der Waals surface area contributed by atoms with Gasteiger partial charge in [0.2, 0.25) is 0 Å². The number of benzene rings is 4. The monoisotopic (exact) mass is 550 g/mol. The third-order valence-electron chi connectivity index (χ3n) is 6.88. The first kappa shape index (κ1) is 29.2. The minimum atomic E-state index is -0.688. The third kappa shape index (κ3) is 7.65. The van der Waals surface area contributed by atoms with Crippen molar-refractivity contribution >= 4 is 11.9 Å². The van der Waals surface area contributed by atoms with Crippen LogP contribution in [0.25, 0.3) is 6.08 Å². The number of phenols is 3. The average Bonchev–Trinajstić information content (AvgIpc) is 2.99. The predicted molar refractivity (Wildman–Crippen MR) is 161 cm³/mol. The zero-order valence-electron chi connectivity index (χ0n) is 22.9. The second-order valence-corrected chi connectivity index (χ2v) is 9.75. The van der Waals surface area contributed by atoms with Crippen LogP contribution in [-0.4, -0.2) is 39.4 Å². The van der Waals surface area contributed by atoms with Gasteiger partial charge in [-0.05, 0) is 54.2 Å². The molecule has 0 aliphatic rings. The molecule has 0 fully saturated rings. The molecule has 2 unspecified atom stereocenters. The van der Waals surface area contributed by atoms with Crippen LogP contribution in [0.15, 0.2) is 109 Å². The summed E-state index contributed by atoms with van der Waals surface area (Å²) in [5, 5.41) is 42.9. The molecule has 0 saturated heterocycles. The number of rotatable bonds is 12. The van der Waals surface area contributed by atoms with E-state index in [1.54, 1.807) is 30.4 Å². The summed E-state index contributed by atoms with van der Waals surface area (Å²) in [6.07, 6.45) is 7.63. The molecule has 0 radical (unpaired) electrons. The van der Waals surface area contributed by atoms with E-state index in [4.69, 9.17) is 4.74 Å². The molecule has 210 valence electrons. The van der Waals surface area contributed by atoms with Crippen molar-refractivity contribution in [2.45, 2.75) is 31.3 Å². The lowest BCUT2D eigenvalue weighted by atomic mass is 9.86. The number of aliphatic hydroxyl groups is 1. The molecule has 0 aliphatic heterocycles. The molecule has 4 N–H and O–H groups in total. The highest BCUT2D eigenvalue weighted by Gasteiger charge is 2.27. The standard InChI is InChI=1S/C35H34O6/c1-41-32-23-31(39)33(35(40)34(32)30(38)22-16-25-11-6-3-7-12-25)29(26-17-20-28(37)21-18-26)14-8-13-27(36)19-15-24-9-4-2-5-10-24/h2-12,14,16-18,20-23,27,29,36-37,39-40H,13,15,19H2,1H3/b14-8+,22-16+. The zero-order chi connectivity index (χ0) is 29.2. The van der Waals surface area contributed by atoms with Crippen molar-refractivity contribution in [1.29, 1.82) is 0 Å². The van der Waals surface area contributed by atoms with Gasteiger partial charge in [-0.25, -0.2) is 0 Å². The number of aliphatic hydroxyl groups excluding tert-OH is 1. The summed E-state index contributed by atoms with van der Waals surface area (Å²) in [6.45, 7) is 0. The van der Waals surface area contributed by atoms with Crippen molar-refractivity contribution in [3.63, 3.8) is 0 Å². The number of phenolic OH excluding ortho intramolecular Hbond substituents is 3. The Bertz CT molecular complexity index is 1490. The van der Waals surface area contributed by atoms with Gasteiger partial charge in [0, 0.05) is 17.5 Å². The highest BCUT2D eigenvalue weighted by molar-refractivity contribution is 6.11. The number of hydrogen-bond acceptors (Lipinski definition) is 6. The van der Waals surface area contributed by atoms with E-state index in [0.29, 0.717) is 18.4 Å². The molecule has 0 aromatic heterocycles. The number of aryl methyl sites for hydroxylation is 1. The molecule has 41 heavy (non-hydrogen) atoms. The molecule has 0 bridgehead atoms. The largest absolute Gasteiger partial charge is 0.508 e. The lowest BCUT2D eigenvalue weighted by Gasteiger charge is -2.20. The van der Waals surface area contributed by atoms with Crippen LogP contribution in [-0.2, 0) is 6.42 Å². The molecule has 4 aromatic carbocycles. The second kappa shape index (κ2) is 14.0. The molecule has 0 amide bonds. The van der Waals surface area contributed by atoms with Crippen LogP contribution < -0.4 is 4.74 Å². The van der Waals surface area contributed by atoms with Gasteiger partial charge in [0.15, 0.2) is 5.78 Å². The van der Waals surface area contributed by atoms with E-state index in [9.17, 15) is 25.2 Å². The number of methoxy groups -OCH3 is 1. The van der Waals surface area contributed by atoms with E-state index in [2.05, 4.69) is 0 Å². The van der Waals surface area contributed by atoms with Crippen molar-refractivity contribution in [3.05, 3.63) is 137 Å². The quantitative estimate of drug-likeness (QED) is 0.0880. The minimum absolute atomic E-state index is 0.0382. The van der Waals surface area contributed by atoms with Crippen molar-refractivity contribution in [2.75, 3.05) is 7.11 Å². The van der Waals surface area contributed by atoms with Crippen LogP contribution in [0.1, 0.15) is 51.4 Å². The van der Waals surface area contributed by atoms with Crippen molar-refractivity contribution in [1.82, 2.24) is 0 Å². The molecule has 4 aromatic rings. The fraction of sp³-hybridized carbons (Fsp3) is 0.171. The Hall–Kier alpha value is -4.81. The van der Waals surface area contributed by atoms with Gasteiger partial charge in [0.25, 0.3) is 0 Å². The lowest BCUT2D eigenvalue weighted by molar-refractivity contribution is 0.104. The Morgan fingerprint density at radius 2 is 1.56 bits per heavy atom. The molecule has 0 aliphatic carbocycles. The number of ether oxygens (including phenoxy) is 1. The van der Waals surface area contributed by atoms with Gasteiger partial charge in [-0.1, -0.05) is 91.0 Å². The summed E-state index contributed by atoms with van der Waals surface area (Å²) < 4.78 is 5.35. The number of carbonyl (C=O) groups is 1. The molecule has 2 atom stereocenters. The smallest absolute Gasteiger partial charge is 0.193 e. The van der Waals surface area contributed by atoms with Crippen LogP contribution in [0.2, 0.25) is 0 Å². The summed E-state index contributed by atoms with van der Waals surface area (Å²) in [5.41, 5.74) is 2.65. The molecular formula is C35H34O6.